The van der Waals surface area contributed by atoms with E-state index in [0.717, 1.165) is 0 Å². The lowest BCUT2D eigenvalue weighted by molar-refractivity contribution is 0.0691. The van der Waals surface area contributed by atoms with Crippen molar-refractivity contribution in [2.24, 2.45) is 0 Å². The number of nitrogens with zero attached hydrogens (tertiary/aromatic N) is 2. The van der Waals surface area contributed by atoms with Crippen LogP contribution >= 0.6 is 11.6 Å². The SMILES string of the molecule is O=C(NC1CCN(C(=O)c2ccc(=O)[nH]n2)CC1)c1ccccc1Cl. The molecule has 0 bridgehead atoms. The lowest BCUT2D eigenvalue weighted by Crippen LogP contribution is -2.46. The van der Waals surface area contributed by atoms with E-state index in [-0.39, 0.29) is 29.1 Å². The van der Waals surface area contributed by atoms with Crippen LogP contribution in [-0.2, 0) is 0 Å². The first-order valence-corrected chi connectivity index (χ1v) is 8.33. The Morgan fingerprint density at radius 1 is 1.16 bits per heavy atom. The summed E-state index contributed by atoms with van der Waals surface area (Å²) >= 11 is 6.03. The third-order valence-electron chi connectivity index (χ3n) is 4.13. The molecule has 0 radical (unpaired) electrons. The van der Waals surface area contributed by atoms with Crippen LogP contribution in [0.5, 0.6) is 0 Å². The van der Waals surface area contributed by atoms with Crippen molar-refractivity contribution in [1.82, 2.24) is 20.4 Å². The summed E-state index contributed by atoms with van der Waals surface area (Å²) in [6.45, 7) is 1.01. The number of piperidine rings is 1. The van der Waals surface area contributed by atoms with E-state index in [1.54, 1.807) is 29.2 Å². The van der Waals surface area contributed by atoms with Gasteiger partial charge >= 0.3 is 0 Å². The van der Waals surface area contributed by atoms with Crippen molar-refractivity contribution >= 4 is 23.4 Å². The zero-order chi connectivity index (χ0) is 17.8. The highest BCUT2D eigenvalue weighted by Gasteiger charge is 2.26. The standard InChI is InChI=1S/C17H17ClN4O3/c18-13-4-2-1-3-12(13)16(24)19-11-7-9-22(10-8-11)17(25)14-5-6-15(23)21-20-14/h1-6,11H,7-10H2,(H,19,24)(H,21,23). The second kappa shape index (κ2) is 7.48. The monoisotopic (exact) mass is 360 g/mol. The highest BCUT2D eigenvalue weighted by atomic mass is 35.5. The summed E-state index contributed by atoms with van der Waals surface area (Å²) in [4.78, 5) is 37.3. The Kier molecular flexibility index (Phi) is 5.14. The van der Waals surface area contributed by atoms with Gasteiger partial charge in [0.1, 0.15) is 5.69 Å². The van der Waals surface area contributed by atoms with Gasteiger partial charge in [-0.05, 0) is 31.0 Å². The number of carbonyl (C=O) groups is 2. The lowest BCUT2D eigenvalue weighted by Gasteiger charge is -2.32. The minimum atomic E-state index is -0.349. The van der Waals surface area contributed by atoms with Gasteiger partial charge in [-0.2, -0.15) is 5.10 Å². The smallest absolute Gasteiger partial charge is 0.274 e. The molecule has 8 heteroatoms. The van der Waals surface area contributed by atoms with Gasteiger partial charge in [0, 0.05) is 25.2 Å². The van der Waals surface area contributed by atoms with Crippen LogP contribution in [0.15, 0.2) is 41.2 Å². The van der Waals surface area contributed by atoms with Crippen LogP contribution in [-0.4, -0.2) is 46.0 Å². The second-order valence-corrected chi connectivity index (χ2v) is 6.23. The first-order valence-electron chi connectivity index (χ1n) is 7.95. The molecule has 3 rings (SSSR count). The number of hydrogen-bond donors (Lipinski definition) is 2. The minimum Gasteiger partial charge on any atom is -0.349 e. The van der Waals surface area contributed by atoms with Crippen molar-refractivity contribution in [2.45, 2.75) is 18.9 Å². The molecular weight excluding hydrogens is 344 g/mol. The molecule has 0 saturated carbocycles. The number of aromatic nitrogens is 2. The topological polar surface area (TPSA) is 95.2 Å². The van der Waals surface area contributed by atoms with Gasteiger partial charge in [0.15, 0.2) is 0 Å². The van der Waals surface area contributed by atoms with Crippen LogP contribution in [0.2, 0.25) is 5.02 Å². The average Bonchev–Trinajstić information content (AvgIpc) is 2.63. The van der Waals surface area contributed by atoms with E-state index >= 15 is 0 Å². The summed E-state index contributed by atoms with van der Waals surface area (Å²) in [5.41, 5.74) is 0.302. The predicted octanol–water partition coefficient (Wildman–Crippen LogP) is 1.46. The van der Waals surface area contributed by atoms with Crippen LogP contribution in [0.4, 0.5) is 0 Å². The molecule has 1 fully saturated rings. The van der Waals surface area contributed by atoms with Crippen molar-refractivity contribution in [3.8, 4) is 0 Å². The van der Waals surface area contributed by atoms with Gasteiger partial charge in [0.2, 0.25) is 0 Å². The molecule has 2 heterocycles. The van der Waals surface area contributed by atoms with Crippen molar-refractivity contribution in [1.29, 1.82) is 0 Å². The van der Waals surface area contributed by atoms with Gasteiger partial charge in [-0.25, -0.2) is 5.10 Å². The minimum absolute atomic E-state index is 0.0173. The molecule has 1 saturated heterocycles. The molecule has 1 aromatic carbocycles. The molecule has 0 atom stereocenters. The Morgan fingerprint density at radius 2 is 1.88 bits per heavy atom. The number of nitrogens with one attached hydrogen (secondary N) is 2. The van der Waals surface area contributed by atoms with Crippen molar-refractivity contribution in [3.05, 3.63) is 63.0 Å². The fourth-order valence-corrected chi connectivity index (χ4v) is 2.98. The van der Waals surface area contributed by atoms with E-state index in [9.17, 15) is 14.4 Å². The Labute approximate surface area is 149 Å². The van der Waals surface area contributed by atoms with Crippen LogP contribution < -0.4 is 10.9 Å². The number of H-pyrrole nitrogens is 1. The summed E-state index contributed by atoms with van der Waals surface area (Å²) in [6.07, 6.45) is 1.29. The second-order valence-electron chi connectivity index (χ2n) is 5.83. The molecule has 1 aliphatic rings. The molecule has 0 spiro atoms. The maximum absolute atomic E-state index is 12.3. The first kappa shape index (κ1) is 17.2. The number of benzene rings is 1. The molecule has 2 aromatic rings. The summed E-state index contributed by atoms with van der Waals surface area (Å²) in [6, 6.07) is 9.56. The summed E-state index contributed by atoms with van der Waals surface area (Å²) in [7, 11) is 0. The molecule has 0 unspecified atom stereocenters. The zero-order valence-electron chi connectivity index (χ0n) is 13.4. The molecule has 130 valence electrons. The zero-order valence-corrected chi connectivity index (χ0v) is 14.1. The third-order valence-corrected chi connectivity index (χ3v) is 4.46. The highest BCUT2D eigenvalue weighted by Crippen LogP contribution is 2.17. The number of aromatic amines is 1. The number of amides is 2. The predicted molar refractivity (Wildman–Crippen MR) is 92.7 cm³/mol. The lowest BCUT2D eigenvalue weighted by atomic mass is 10.0. The van der Waals surface area contributed by atoms with E-state index in [4.69, 9.17) is 11.6 Å². The number of likely N-dealkylation sites (tertiary alicyclic amines) is 1. The van der Waals surface area contributed by atoms with E-state index in [1.165, 1.54) is 12.1 Å². The van der Waals surface area contributed by atoms with E-state index < -0.39 is 0 Å². The van der Waals surface area contributed by atoms with Gasteiger partial charge in [0.05, 0.1) is 10.6 Å². The van der Waals surface area contributed by atoms with E-state index in [2.05, 4.69) is 15.5 Å². The number of carbonyl (C=O) groups excluding carboxylic acids is 2. The highest BCUT2D eigenvalue weighted by molar-refractivity contribution is 6.33. The van der Waals surface area contributed by atoms with Gasteiger partial charge in [-0.1, -0.05) is 23.7 Å². The third kappa shape index (κ3) is 4.06. The molecule has 2 amide bonds. The van der Waals surface area contributed by atoms with Crippen molar-refractivity contribution in [2.75, 3.05) is 13.1 Å². The number of hydrogen-bond acceptors (Lipinski definition) is 4. The normalized spacial score (nSPS) is 15.0. The Morgan fingerprint density at radius 3 is 2.52 bits per heavy atom. The molecule has 0 aliphatic carbocycles. The Bertz CT molecular complexity index is 823. The largest absolute Gasteiger partial charge is 0.349 e. The molecular formula is C17H17ClN4O3. The maximum atomic E-state index is 12.3. The van der Waals surface area contributed by atoms with Gasteiger partial charge in [-0.15, -0.1) is 0 Å². The maximum Gasteiger partial charge on any atom is 0.274 e. The average molecular weight is 361 g/mol. The van der Waals surface area contributed by atoms with Gasteiger partial charge < -0.3 is 10.2 Å². The van der Waals surface area contributed by atoms with Gasteiger partial charge in [-0.3, -0.25) is 14.4 Å². The van der Waals surface area contributed by atoms with Gasteiger partial charge in [0.25, 0.3) is 17.4 Å². The number of halogens is 1. The van der Waals surface area contributed by atoms with Crippen LogP contribution in [0.3, 0.4) is 0 Å². The molecule has 2 N–H and O–H groups in total. The molecule has 25 heavy (non-hydrogen) atoms. The van der Waals surface area contributed by atoms with Crippen molar-refractivity contribution < 1.29 is 9.59 Å². The fourth-order valence-electron chi connectivity index (χ4n) is 2.76. The van der Waals surface area contributed by atoms with Crippen LogP contribution in [0, 0.1) is 0 Å². The summed E-state index contributed by atoms with van der Waals surface area (Å²) < 4.78 is 0. The fraction of sp³-hybridized carbons (Fsp3) is 0.294. The molecule has 1 aromatic heterocycles. The van der Waals surface area contributed by atoms with E-state index in [0.29, 0.717) is 36.5 Å². The van der Waals surface area contributed by atoms with Crippen LogP contribution in [0.1, 0.15) is 33.7 Å². The summed E-state index contributed by atoms with van der Waals surface area (Å²) in [5.74, 6) is -0.440. The Hall–Kier alpha value is -2.67. The van der Waals surface area contributed by atoms with E-state index in [1.807, 2.05) is 0 Å². The quantitative estimate of drug-likeness (QED) is 0.866. The molecule has 7 nitrogen and oxygen atoms in total. The molecule has 1 aliphatic heterocycles. The first-order chi connectivity index (χ1) is 12.0. The van der Waals surface area contributed by atoms with Crippen LogP contribution in [0.25, 0.3) is 0 Å². The van der Waals surface area contributed by atoms with Crippen molar-refractivity contribution in [3.63, 3.8) is 0 Å². The number of rotatable bonds is 3. The Balaban J connectivity index is 1.56. The summed E-state index contributed by atoms with van der Waals surface area (Å²) in [5, 5.41) is 9.38.